The molecule has 4 aromatic rings. The van der Waals surface area contributed by atoms with Crippen LogP contribution >= 0.6 is 0 Å². The maximum absolute atomic E-state index is 13.1. The highest BCUT2D eigenvalue weighted by atomic mass is 16.5. The molecule has 136 valence electrons. The van der Waals surface area contributed by atoms with Crippen LogP contribution in [0.5, 0.6) is 0 Å². The summed E-state index contributed by atoms with van der Waals surface area (Å²) in [6, 6.07) is 9.25. The van der Waals surface area contributed by atoms with Crippen LogP contribution in [0.25, 0.3) is 17.3 Å². The highest BCUT2D eigenvalue weighted by molar-refractivity contribution is 5.95. The van der Waals surface area contributed by atoms with E-state index in [-0.39, 0.29) is 11.8 Å². The van der Waals surface area contributed by atoms with Gasteiger partial charge in [0.1, 0.15) is 11.3 Å². The van der Waals surface area contributed by atoms with Crippen LogP contribution < -0.4 is 0 Å². The Balaban J connectivity index is 1.37. The Kier molecular flexibility index (Phi) is 3.56. The largest absolute Gasteiger partial charge is 0.459 e. The van der Waals surface area contributed by atoms with Crippen molar-refractivity contribution >= 4 is 11.6 Å². The molecular formula is C19H17N5O3. The number of furan rings is 1. The Morgan fingerprint density at radius 1 is 1.22 bits per heavy atom. The van der Waals surface area contributed by atoms with E-state index >= 15 is 0 Å². The molecule has 1 saturated heterocycles. The topological polar surface area (TPSA) is 89.7 Å². The number of imidazole rings is 1. The van der Waals surface area contributed by atoms with E-state index in [1.807, 2.05) is 40.6 Å². The number of fused-ring (bicyclic) bond motifs is 1. The standard InChI is InChI=1S/C19H17N5O3/c1-12-16(24-8-3-2-6-15(24)20-12)19(25)23-9-7-13(11-23)17-21-18(27-22-17)14-5-4-10-26-14/h2-6,8,10,13H,7,9,11H2,1H3/t13-/m1/s1. The summed E-state index contributed by atoms with van der Waals surface area (Å²) in [5.41, 5.74) is 2.11. The summed E-state index contributed by atoms with van der Waals surface area (Å²) < 4.78 is 12.4. The minimum Gasteiger partial charge on any atom is -0.459 e. The predicted octanol–water partition coefficient (Wildman–Crippen LogP) is 2.92. The number of nitrogens with zero attached hydrogens (tertiary/aromatic N) is 5. The maximum Gasteiger partial charge on any atom is 0.293 e. The smallest absolute Gasteiger partial charge is 0.293 e. The first-order chi connectivity index (χ1) is 13.2. The monoisotopic (exact) mass is 363 g/mol. The van der Waals surface area contributed by atoms with E-state index in [2.05, 4.69) is 15.1 Å². The Labute approximate surface area is 154 Å². The number of pyridine rings is 1. The molecule has 5 rings (SSSR count). The van der Waals surface area contributed by atoms with Gasteiger partial charge in [0.2, 0.25) is 0 Å². The third-order valence-electron chi connectivity index (χ3n) is 4.92. The van der Waals surface area contributed by atoms with Crippen molar-refractivity contribution in [3.63, 3.8) is 0 Å². The van der Waals surface area contributed by atoms with Gasteiger partial charge in [-0.05, 0) is 37.6 Å². The van der Waals surface area contributed by atoms with E-state index in [1.165, 1.54) is 0 Å². The summed E-state index contributed by atoms with van der Waals surface area (Å²) in [5.74, 6) is 1.52. The van der Waals surface area contributed by atoms with Crippen LogP contribution in [0, 0.1) is 6.92 Å². The molecule has 0 spiro atoms. The van der Waals surface area contributed by atoms with Gasteiger partial charge in [-0.3, -0.25) is 9.20 Å². The SMILES string of the molecule is Cc1nc2ccccn2c1C(=O)N1CC[C@@H](c2noc(-c3ccco3)n2)C1. The Hall–Kier alpha value is -3.42. The van der Waals surface area contributed by atoms with Crippen LogP contribution in [0.15, 0.2) is 51.7 Å². The second-order valence-corrected chi connectivity index (χ2v) is 6.65. The Bertz CT molecular complexity index is 1110. The number of amides is 1. The molecular weight excluding hydrogens is 346 g/mol. The van der Waals surface area contributed by atoms with E-state index in [0.717, 1.165) is 17.8 Å². The first kappa shape index (κ1) is 15.8. The first-order valence-corrected chi connectivity index (χ1v) is 8.81. The lowest BCUT2D eigenvalue weighted by Crippen LogP contribution is -2.30. The number of carbonyl (C=O) groups is 1. The van der Waals surface area contributed by atoms with Crippen LogP contribution in [0.2, 0.25) is 0 Å². The maximum atomic E-state index is 13.1. The molecule has 0 bridgehead atoms. The van der Waals surface area contributed by atoms with Crippen LogP contribution in [-0.4, -0.2) is 43.4 Å². The lowest BCUT2D eigenvalue weighted by atomic mass is 10.1. The molecule has 5 heterocycles. The molecule has 1 amide bonds. The molecule has 0 N–H and O–H groups in total. The molecule has 8 nitrogen and oxygen atoms in total. The molecule has 8 heteroatoms. The van der Waals surface area contributed by atoms with Crippen molar-refractivity contribution < 1.29 is 13.7 Å². The van der Waals surface area contributed by atoms with Crippen molar-refractivity contribution in [1.29, 1.82) is 0 Å². The lowest BCUT2D eigenvalue weighted by molar-refractivity contribution is 0.0782. The van der Waals surface area contributed by atoms with Crippen molar-refractivity contribution in [2.24, 2.45) is 0 Å². The number of carbonyl (C=O) groups excluding carboxylic acids is 1. The van der Waals surface area contributed by atoms with E-state index in [0.29, 0.717) is 36.3 Å². The molecule has 1 aliphatic rings. The van der Waals surface area contributed by atoms with E-state index in [1.54, 1.807) is 18.4 Å². The zero-order valence-electron chi connectivity index (χ0n) is 14.7. The van der Waals surface area contributed by atoms with Crippen molar-refractivity contribution in [2.45, 2.75) is 19.3 Å². The second-order valence-electron chi connectivity index (χ2n) is 6.65. The van der Waals surface area contributed by atoms with Crippen molar-refractivity contribution in [2.75, 3.05) is 13.1 Å². The molecule has 1 atom stereocenters. The molecule has 1 fully saturated rings. The average Bonchev–Trinajstić information content (AvgIpc) is 3.45. The van der Waals surface area contributed by atoms with Crippen molar-refractivity contribution in [3.8, 4) is 11.7 Å². The zero-order chi connectivity index (χ0) is 18.4. The molecule has 27 heavy (non-hydrogen) atoms. The lowest BCUT2D eigenvalue weighted by Gasteiger charge is -2.16. The molecule has 0 aliphatic carbocycles. The molecule has 0 radical (unpaired) electrons. The summed E-state index contributed by atoms with van der Waals surface area (Å²) in [6.45, 7) is 3.06. The Morgan fingerprint density at radius 3 is 3.00 bits per heavy atom. The van der Waals surface area contributed by atoms with Gasteiger partial charge in [-0.25, -0.2) is 4.98 Å². The minimum absolute atomic E-state index is 0.0246. The number of aromatic nitrogens is 4. The van der Waals surface area contributed by atoms with Gasteiger partial charge in [0.05, 0.1) is 12.0 Å². The number of hydrogen-bond donors (Lipinski definition) is 0. The van der Waals surface area contributed by atoms with Gasteiger partial charge in [-0.1, -0.05) is 11.2 Å². The first-order valence-electron chi connectivity index (χ1n) is 8.81. The predicted molar refractivity (Wildman–Crippen MR) is 95.2 cm³/mol. The van der Waals surface area contributed by atoms with Gasteiger partial charge in [-0.2, -0.15) is 4.98 Å². The summed E-state index contributed by atoms with van der Waals surface area (Å²) in [6.07, 6.45) is 4.22. The van der Waals surface area contributed by atoms with Gasteiger partial charge >= 0.3 is 0 Å². The van der Waals surface area contributed by atoms with Crippen LogP contribution in [0.4, 0.5) is 0 Å². The van der Waals surface area contributed by atoms with Gasteiger partial charge < -0.3 is 13.8 Å². The summed E-state index contributed by atoms with van der Waals surface area (Å²) >= 11 is 0. The third-order valence-corrected chi connectivity index (χ3v) is 4.92. The number of likely N-dealkylation sites (tertiary alicyclic amines) is 1. The van der Waals surface area contributed by atoms with Gasteiger partial charge in [0, 0.05) is 25.2 Å². The highest BCUT2D eigenvalue weighted by Crippen LogP contribution is 2.29. The summed E-state index contributed by atoms with van der Waals surface area (Å²) in [5, 5.41) is 4.08. The Morgan fingerprint density at radius 2 is 2.15 bits per heavy atom. The molecule has 0 unspecified atom stereocenters. The van der Waals surface area contributed by atoms with Gasteiger partial charge in [0.15, 0.2) is 11.6 Å². The van der Waals surface area contributed by atoms with Crippen molar-refractivity contribution in [3.05, 3.63) is 60.0 Å². The molecule has 4 aromatic heterocycles. The fourth-order valence-electron chi connectivity index (χ4n) is 3.58. The normalized spacial score (nSPS) is 17.1. The minimum atomic E-state index is -0.0246. The number of hydrogen-bond acceptors (Lipinski definition) is 6. The highest BCUT2D eigenvalue weighted by Gasteiger charge is 2.33. The molecule has 0 aromatic carbocycles. The molecule has 1 aliphatic heterocycles. The van der Waals surface area contributed by atoms with Gasteiger partial charge in [-0.15, -0.1) is 0 Å². The average molecular weight is 363 g/mol. The van der Waals surface area contributed by atoms with Crippen LogP contribution in [0.3, 0.4) is 0 Å². The van der Waals surface area contributed by atoms with E-state index in [9.17, 15) is 4.79 Å². The number of aryl methyl sites for hydroxylation is 1. The summed E-state index contributed by atoms with van der Waals surface area (Å²) in [4.78, 5) is 23.8. The number of rotatable bonds is 3. The fraction of sp³-hybridized carbons (Fsp3) is 0.263. The second kappa shape index (κ2) is 6.08. The van der Waals surface area contributed by atoms with Gasteiger partial charge in [0.25, 0.3) is 11.8 Å². The van der Waals surface area contributed by atoms with Crippen molar-refractivity contribution in [1.82, 2.24) is 24.4 Å². The zero-order valence-corrected chi connectivity index (χ0v) is 14.7. The van der Waals surface area contributed by atoms with E-state index in [4.69, 9.17) is 8.94 Å². The van der Waals surface area contributed by atoms with E-state index < -0.39 is 0 Å². The quantitative estimate of drug-likeness (QED) is 0.556. The van der Waals surface area contributed by atoms with Crippen LogP contribution in [-0.2, 0) is 0 Å². The fourth-order valence-corrected chi connectivity index (χ4v) is 3.58. The summed E-state index contributed by atoms with van der Waals surface area (Å²) in [7, 11) is 0. The third kappa shape index (κ3) is 2.61. The molecule has 0 saturated carbocycles. The van der Waals surface area contributed by atoms with Crippen LogP contribution in [0.1, 0.15) is 34.3 Å².